The van der Waals surface area contributed by atoms with Crippen molar-refractivity contribution in [3.8, 4) is 23.0 Å². The number of nitrogens with one attached hydrogen (secondary N) is 1. The average Bonchev–Trinajstić information content (AvgIpc) is 3.04. The first kappa shape index (κ1) is 35.5. The molecule has 0 saturated heterocycles. The van der Waals surface area contributed by atoms with Gasteiger partial charge in [-0.25, -0.2) is 8.42 Å². The molecule has 0 saturated carbocycles. The summed E-state index contributed by atoms with van der Waals surface area (Å²) < 4.78 is 52.1. The van der Waals surface area contributed by atoms with Crippen molar-refractivity contribution in [1.29, 1.82) is 0 Å². The van der Waals surface area contributed by atoms with Crippen molar-refractivity contribution in [3.05, 3.63) is 70.7 Å². The Morgan fingerprint density at radius 1 is 0.867 bits per heavy atom. The number of methoxy groups -OCH3 is 4. The summed E-state index contributed by atoms with van der Waals surface area (Å²) in [6.45, 7) is 4.82. The first-order valence-corrected chi connectivity index (χ1v) is 16.4. The zero-order valence-corrected chi connectivity index (χ0v) is 28.9. The lowest BCUT2D eigenvalue weighted by molar-refractivity contribution is -0.139. The number of sulfonamides is 1. The van der Waals surface area contributed by atoms with Gasteiger partial charge in [0.15, 0.2) is 11.5 Å². The molecule has 3 aromatic rings. The van der Waals surface area contributed by atoms with E-state index in [9.17, 15) is 18.0 Å². The Balaban J connectivity index is 2.17. The zero-order chi connectivity index (χ0) is 33.3. The van der Waals surface area contributed by atoms with Crippen LogP contribution >= 0.6 is 15.9 Å². The normalized spacial score (nSPS) is 12.4. The summed E-state index contributed by atoms with van der Waals surface area (Å²) in [5, 5.41) is 2.92. The number of hydrogen-bond donors (Lipinski definition) is 1. The highest BCUT2D eigenvalue weighted by Gasteiger charge is 2.35. The van der Waals surface area contributed by atoms with Crippen LogP contribution in [0.15, 0.2) is 70.0 Å². The molecule has 0 aliphatic heterocycles. The molecule has 0 aliphatic carbocycles. The van der Waals surface area contributed by atoms with Crippen LogP contribution in [-0.2, 0) is 26.2 Å². The van der Waals surface area contributed by atoms with Crippen molar-refractivity contribution in [2.24, 2.45) is 0 Å². The van der Waals surface area contributed by atoms with E-state index in [4.69, 9.17) is 18.9 Å². The van der Waals surface area contributed by atoms with Crippen molar-refractivity contribution >= 4 is 43.5 Å². The summed E-state index contributed by atoms with van der Waals surface area (Å²) in [6, 6.07) is 15.1. The Hall–Kier alpha value is -3.97. The van der Waals surface area contributed by atoms with Gasteiger partial charge in [-0.2, -0.15) is 0 Å². The molecule has 244 valence electrons. The molecule has 0 radical (unpaired) electrons. The van der Waals surface area contributed by atoms with E-state index in [1.54, 1.807) is 19.1 Å². The van der Waals surface area contributed by atoms with E-state index < -0.39 is 28.5 Å². The number of nitrogens with zero attached hydrogens (tertiary/aromatic N) is 2. The number of benzene rings is 3. The Morgan fingerprint density at radius 2 is 1.53 bits per heavy atom. The Morgan fingerprint density at radius 3 is 2.13 bits per heavy atom. The van der Waals surface area contributed by atoms with E-state index in [0.29, 0.717) is 17.9 Å². The molecular formula is C32H40BrN3O8S. The third kappa shape index (κ3) is 8.60. The van der Waals surface area contributed by atoms with Crippen molar-refractivity contribution in [2.75, 3.05) is 39.3 Å². The molecule has 2 unspecified atom stereocenters. The molecule has 0 aliphatic rings. The molecule has 0 heterocycles. The number of carbonyl (C=O) groups excluding carboxylic acids is 2. The molecule has 3 rings (SSSR count). The minimum atomic E-state index is -4.44. The van der Waals surface area contributed by atoms with Gasteiger partial charge in [-0.3, -0.25) is 13.9 Å². The minimum Gasteiger partial charge on any atom is -0.497 e. The topological polar surface area (TPSA) is 124 Å². The fourth-order valence-electron chi connectivity index (χ4n) is 4.49. The van der Waals surface area contributed by atoms with Gasteiger partial charge in [0.1, 0.15) is 24.1 Å². The highest BCUT2D eigenvalue weighted by molar-refractivity contribution is 9.10. The van der Waals surface area contributed by atoms with Gasteiger partial charge >= 0.3 is 0 Å². The Bertz CT molecular complexity index is 1600. The third-order valence-corrected chi connectivity index (χ3v) is 9.54. The van der Waals surface area contributed by atoms with E-state index in [0.717, 1.165) is 14.3 Å². The molecule has 2 amide bonds. The van der Waals surface area contributed by atoms with Crippen LogP contribution in [0.3, 0.4) is 0 Å². The smallest absolute Gasteiger partial charge is 0.265 e. The number of rotatable bonds is 15. The Labute approximate surface area is 273 Å². The van der Waals surface area contributed by atoms with Gasteiger partial charge in [-0.15, -0.1) is 0 Å². The number of ether oxygens (including phenoxy) is 4. The summed E-state index contributed by atoms with van der Waals surface area (Å²) in [7, 11) is 1.24. The van der Waals surface area contributed by atoms with E-state index in [-0.39, 0.29) is 40.6 Å². The highest BCUT2D eigenvalue weighted by atomic mass is 79.9. The average molecular weight is 707 g/mol. The maximum Gasteiger partial charge on any atom is 0.265 e. The SMILES string of the molecule is CCC(C)NC(=O)C(C)N(Cc1cccc(Br)c1)C(=O)CN(c1cc(OC)ccc1OC)S(=O)(=O)c1ccc(OC)c(OC)c1. The predicted octanol–water partition coefficient (Wildman–Crippen LogP) is 5.01. The van der Waals surface area contributed by atoms with Crippen LogP contribution in [-0.4, -0.2) is 72.2 Å². The lowest BCUT2D eigenvalue weighted by Crippen LogP contribution is -2.52. The molecule has 0 bridgehead atoms. The number of hydrogen-bond acceptors (Lipinski definition) is 8. The largest absolute Gasteiger partial charge is 0.497 e. The van der Waals surface area contributed by atoms with E-state index in [2.05, 4.69) is 21.2 Å². The quantitative estimate of drug-likeness (QED) is 0.234. The lowest BCUT2D eigenvalue weighted by atomic mass is 10.1. The number of carbonyl (C=O) groups is 2. The fraction of sp³-hybridized carbons (Fsp3) is 0.375. The van der Waals surface area contributed by atoms with Crippen molar-refractivity contribution in [1.82, 2.24) is 10.2 Å². The summed E-state index contributed by atoms with van der Waals surface area (Å²) in [6.07, 6.45) is 0.699. The van der Waals surface area contributed by atoms with Gasteiger partial charge in [0.2, 0.25) is 11.8 Å². The third-order valence-electron chi connectivity index (χ3n) is 7.29. The molecule has 0 spiro atoms. The number of amides is 2. The van der Waals surface area contributed by atoms with E-state index in [1.807, 2.05) is 38.1 Å². The van der Waals surface area contributed by atoms with Gasteiger partial charge < -0.3 is 29.2 Å². The number of anilines is 1. The summed E-state index contributed by atoms with van der Waals surface area (Å²) in [4.78, 5) is 28.8. The van der Waals surface area contributed by atoms with Crippen molar-refractivity contribution in [3.63, 3.8) is 0 Å². The van der Waals surface area contributed by atoms with E-state index in [1.165, 1.54) is 57.6 Å². The van der Waals surface area contributed by atoms with E-state index >= 15 is 0 Å². The predicted molar refractivity (Wildman–Crippen MR) is 176 cm³/mol. The van der Waals surface area contributed by atoms with Crippen molar-refractivity contribution < 1.29 is 37.0 Å². The molecule has 1 N–H and O–H groups in total. The van der Waals surface area contributed by atoms with Crippen LogP contribution in [0.25, 0.3) is 0 Å². The molecule has 45 heavy (non-hydrogen) atoms. The molecule has 0 aromatic heterocycles. The summed E-state index contributed by atoms with van der Waals surface area (Å²) in [5.41, 5.74) is 0.813. The molecule has 0 fully saturated rings. The second kappa shape index (κ2) is 15.8. The monoisotopic (exact) mass is 705 g/mol. The van der Waals surface area contributed by atoms with Crippen LogP contribution in [0.1, 0.15) is 32.8 Å². The van der Waals surface area contributed by atoms with Crippen LogP contribution in [0.4, 0.5) is 5.69 Å². The zero-order valence-electron chi connectivity index (χ0n) is 26.5. The number of halogens is 1. The standard InChI is InChI=1S/C32H40BrN3O8S/c1-8-21(2)34-32(38)22(3)35(19-23-10-9-11-24(33)16-23)31(37)20-36(27-17-25(41-4)12-14-28(27)42-5)45(39,40)26-13-15-29(43-6)30(18-26)44-7/h9-18,21-22H,8,19-20H2,1-7H3,(H,34,38). The van der Waals surface area contributed by atoms with Gasteiger partial charge in [0.25, 0.3) is 10.0 Å². The Kier molecular flexibility index (Phi) is 12.5. The first-order chi connectivity index (χ1) is 21.4. The van der Waals surface area contributed by atoms with Crippen molar-refractivity contribution in [2.45, 2.75) is 50.7 Å². The fourth-order valence-corrected chi connectivity index (χ4v) is 6.37. The summed E-state index contributed by atoms with van der Waals surface area (Å²) in [5.74, 6) is 0.0805. The lowest BCUT2D eigenvalue weighted by Gasteiger charge is -2.33. The van der Waals surface area contributed by atoms with Gasteiger partial charge in [-0.1, -0.05) is 35.0 Å². The van der Waals surface area contributed by atoms with Crippen LogP contribution in [0.5, 0.6) is 23.0 Å². The first-order valence-electron chi connectivity index (χ1n) is 14.2. The molecule has 2 atom stereocenters. The minimum absolute atomic E-state index is 0.0485. The summed E-state index contributed by atoms with van der Waals surface area (Å²) >= 11 is 3.46. The van der Waals surface area contributed by atoms with Gasteiger partial charge in [0.05, 0.1) is 39.0 Å². The van der Waals surface area contributed by atoms with Crippen LogP contribution in [0.2, 0.25) is 0 Å². The van der Waals surface area contributed by atoms with Gasteiger partial charge in [0, 0.05) is 29.2 Å². The highest BCUT2D eigenvalue weighted by Crippen LogP contribution is 2.38. The second-order valence-corrected chi connectivity index (χ2v) is 13.0. The van der Waals surface area contributed by atoms with Crippen LogP contribution in [0, 0.1) is 0 Å². The second-order valence-electron chi connectivity index (χ2n) is 10.2. The molecule has 3 aromatic carbocycles. The maximum absolute atomic E-state index is 14.4. The maximum atomic E-state index is 14.4. The molecular weight excluding hydrogens is 666 g/mol. The van der Waals surface area contributed by atoms with Gasteiger partial charge in [-0.05, 0) is 62.2 Å². The molecule has 13 heteroatoms. The van der Waals surface area contributed by atoms with Crippen LogP contribution < -0.4 is 28.6 Å². The molecule has 11 nitrogen and oxygen atoms in total.